The Labute approximate surface area is 205 Å². The van der Waals surface area contributed by atoms with Gasteiger partial charge in [-0.1, -0.05) is 30.0 Å². The van der Waals surface area contributed by atoms with Crippen molar-refractivity contribution in [2.75, 3.05) is 26.2 Å². The van der Waals surface area contributed by atoms with Crippen molar-refractivity contribution in [2.24, 2.45) is 9.98 Å². The molecular formula is C26H21F3N4O3. The van der Waals surface area contributed by atoms with Crippen molar-refractivity contribution in [3.63, 3.8) is 0 Å². The van der Waals surface area contributed by atoms with E-state index < -0.39 is 12.5 Å². The molecule has 5 rings (SSSR count). The van der Waals surface area contributed by atoms with Crippen molar-refractivity contribution in [2.45, 2.75) is 24.8 Å². The van der Waals surface area contributed by atoms with Gasteiger partial charge in [0.15, 0.2) is 0 Å². The number of hydrogen-bond acceptors (Lipinski definition) is 6. The predicted molar refractivity (Wildman–Crippen MR) is 127 cm³/mol. The maximum atomic E-state index is 13.4. The monoisotopic (exact) mass is 494 g/mol. The lowest BCUT2D eigenvalue weighted by Gasteiger charge is -2.22. The molecule has 184 valence electrons. The van der Waals surface area contributed by atoms with Crippen LogP contribution in [0.3, 0.4) is 0 Å². The average Bonchev–Trinajstić information content (AvgIpc) is 3.03. The predicted octanol–water partition coefficient (Wildman–Crippen LogP) is 3.88. The Balaban J connectivity index is 1.29. The van der Waals surface area contributed by atoms with Crippen LogP contribution in [-0.2, 0) is 4.74 Å². The second kappa shape index (κ2) is 9.95. The van der Waals surface area contributed by atoms with Crippen LogP contribution in [0.4, 0.5) is 13.2 Å². The normalized spacial score (nSPS) is 21.4. The molecule has 2 aliphatic heterocycles. The van der Waals surface area contributed by atoms with Crippen LogP contribution in [-0.4, -0.2) is 66.5 Å². The van der Waals surface area contributed by atoms with Crippen LogP contribution < -0.4 is 4.74 Å². The number of hydrogen-bond donors (Lipinski definition) is 0. The molecule has 2 unspecified atom stereocenters. The molecule has 3 aliphatic rings. The molecule has 36 heavy (non-hydrogen) atoms. The fraction of sp³-hybridized carbons (Fsp3) is 0.308. The third-order valence-electron chi connectivity index (χ3n) is 5.93. The summed E-state index contributed by atoms with van der Waals surface area (Å²) in [6, 6.07) is 8.92. The molecule has 0 spiro atoms. The Morgan fingerprint density at radius 2 is 2.14 bits per heavy atom. The minimum Gasteiger partial charge on any atom is -0.491 e. The minimum atomic E-state index is -4.74. The Bertz CT molecular complexity index is 1310. The number of rotatable bonds is 5. The summed E-state index contributed by atoms with van der Waals surface area (Å²) in [5.41, 5.74) is 2.54. The average molecular weight is 494 g/mol. The number of pyridine rings is 1. The fourth-order valence-electron chi connectivity index (χ4n) is 4.12. The van der Waals surface area contributed by atoms with Crippen LogP contribution >= 0.6 is 0 Å². The number of carbonyl (C=O) groups is 1. The van der Waals surface area contributed by atoms with Gasteiger partial charge in [-0.15, -0.1) is 13.2 Å². The number of ether oxygens (including phenoxy) is 2. The van der Waals surface area contributed by atoms with Gasteiger partial charge in [0.05, 0.1) is 25.2 Å². The summed E-state index contributed by atoms with van der Waals surface area (Å²) in [7, 11) is 0. The number of amidine groups is 1. The standard InChI is InChI=1S/C26H21F3N4O3/c27-26(28,29)36-21-6-3-17(4-7-21)18-5-8-23-22(12-18)25(34)33(10-11-35-23)16-24-31-14-20(15-32-24)19-2-1-9-30-13-19/h1-3,5,8-9,12-14,20-21H,6,10-11,15-16H2. The van der Waals surface area contributed by atoms with Crippen LogP contribution in [0.2, 0.25) is 0 Å². The van der Waals surface area contributed by atoms with E-state index in [9.17, 15) is 18.0 Å². The van der Waals surface area contributed by atoms with E-state index in [0.717, 1.165) is 5.56 Å². The molecular weight excluding hydrogens is 473 g/mol. The first kappa shape index (κ1) is 23.8. The van der Waals surface area contributed by atoms with Gasteiger partial charge in [0, 0.05) is 36.5 Å². The van der Waals surface area contributed by atoms with Gasteiger partial charge in [-0.3, -0.25) is 19.5 Å². The molecule has 0 radical (unpaired) electrons. The highest BCUT2D eigenvalue weighted by Gasteiger charge is 2.33. The maximum Gasteiger partial charge on any atom is 0.523 e. The van der Waals surface area contributed by atoms with E-state index in [0.29, 0.717) is 48.0 Å². The number of amides is 1. The molecule has 0 N–H and O–H groups in total. The molecule has 1 amide bonds. The maximum absolute atomic E-state index is 13.4. The van der Waals surface area contributed by atoms with E-state index in [1.165, 1.54) is 0 Å². The number of aromatic nitrogens is 1. The molecule has 7 nitrogen and oxygen atoms in total. The molecule has 1 aliphatic carbocycles. The van der Waals surface area contributed by atoms with Crippen molar-refractivity contribution in [1.29, 1.82) is 0 Å². The summed E-state index contributed by atoms with van der Waals surface area (Å²) in [5.74, 6) is 6.01. The molecule has 1 aromatic carbocycles. The quantitative estimate of drug-likeness (QED) is 0.592. The second-order valence-electron chi connectivity index (χ2n) is 8.39. The number of nitrogens with zero attached hydrogens (tertiary/aromatic N) is 4. The van der Waals surface area contributed by atoms with Crippen LogP contribution in [0, 0.1) is 11.8 Å². The molecule has 2 atom stereocenters. The summed E-state index contributed by atoms with van der Waals surface area (Å²) in [6.07, 6.45) is 0.917. The fourth-order valence-corrected chi connectivity index (χ4v) is 4.12. The Morgan fingerprint density at radius 3 is 2.83 bits per heavy atom. The first-order valence-electron chi connectivity index (χ1n) is 11.4. The highest BCUT2D eigenvalue weighted by molar-refractivity contribution is 6.02. The van der Waals surface area contributed by atoms with E-state index in [2.05, 4.69) is 31.5 Å². The first-order chi connectivity index (χ1) is 17.4. The smallest absolute Gasteiger partial charge is 0.491 e. The van der Waals surface area contributed by atoms with Gasteiger partial charge in [-0.05, 0) is 29.3 Å². The molecule has 0 saturated heterocycles. The van der Waals surface area contributed by atoms with Crippen LogP contribution in [0.5, 0.6) is 5.75 Å². The number of alkyl halides is 3. The van der Waals surface area contributed by atoms with E-state index >= 15 is 0 Å². The summed E-state index contributed by atoms with van der Waals surface area (Å²) in [5, 5.41) is 0. The van der Waals surface area contributed by atoms with Crippen molar-refractivity contribution < 1.29 is 27.4 Å². The third kappa shape index (κ3) is 5.47. The zero-order valence-electron chi connectivity index (χ0n) is 19.0. The summed E-state index contributed by atoms with van der Waals surface area (Å²) in [6.45, 7) is 1.44. The molecule has 0 fully saturated rings. The number of benzene rings is 1. The van der Waals surface area contributed by atoms with Gasteiger partial charge < -0.3 is 9.64 Å². The van der Waals surface area contributed by atoms with Crippen molar-refractivity contribution in [1.82, 2.24) is 9.88 Å². The molecule has 1 aromatic heterocycles. The number of halogens is 3. The van der Waals surface area contributed by atoms with Crippen molar-refractivity contribution in [3.8, 4) is 17.6 Å². The number of allylic oxidation sites excluding steroid dienone is 1. The highest BCUT2D eigenvalue weighted by atomic mass is 19.4. The largest absolute Gasteiger partial charge is 0.523 e. The highest BCUT2D eigenvalue weighted by Crippen LogP contribution is 2.29. The SMILES string of the molecule is O=C1c2cc(C3=CCC(OC(F)(F)F)C#C3)ccc2OCCN1CC1=NCC(c2cccnc2)C=N1. The lowest BCUT2D eigenvalue weighted by Crippen LogP contribution is -2.37. The second-order valence-corrected chi connectivity index (χ2v) is 8.39. The molecule has 0 saturated carbocycles. The van der Waals surface area contributed by atoms with Gasteiger partial charge in [-0.2, -0.15) is 0 Å². The van der Waals surface area contributed by atoms with E-state index in [-0.39, 0.29) is 24.8 Å². The van der Waals surface area contributed by atoms with Crippen LogP contribution in [0.1, 0.15) is 33.8 Å². The van der Waals surface area contributed by atoms with E-state index in [4.69, 9.17) is 4.74 Å². The number of aliphatic imine (C=N–C) groups is 2. The lowest BCUT2D eigenvalue weighted by molar-refractivity contribution is -0.334. The molecule has 2 aromatic rings. The topological polar surface area (TPSA) is 76.4 Å². The van der Waals surface area contributed by atoms with Gasteiger partial charge in [0.25, 0.3) is 5.91 Å². The zero-order valence-corrected chi connectivity index (χ0v) is 19.0. The van der Waals surface area contributed by atoms with Gasteiger partial charge in [-0.25, -0.2) is 4.99 Å². The molecule has 10 heteroatoms. The Morgan fingerprint density at radius 1 is 1.25 bits per heavy atom. The number of carbonyl (C=O) groups excluding carboxylic acids is 1. The summed E-state index contributed by atoms with van der Waals surface area (Å²) < 4.78 is 47.1. The molecule has 3 heterocycles. The van der Waals surface area contributed by atoms with Gasteiger partial charge in [0.2, 0.25) is 0 Å². The lowest BCUT2D eigenvalue weighted by atomic mass is 9.98. The Hall–Kier alpha value is -3.97. The van der Waals surface area contributed by atoms with E-state index in [1.54, 1.807) is 41.6 Å². The summed E-state index contributed by atoms with van der Waals surface area (Å²) >= 11 is 0. The van der Waals surface area contributed by atoms with Crippen LogP contribution in [0.15, 0.2) is 58.8 Å². The van der Waals surface area contributed by atoms with Crippen molar-refractivity contribution >= 4 is 23.5 Å². The van der Waals surface area contributed by atoms with E-state index in [1.807, 2.05) is 18.3 Å². The first-order valence-corrected chi connectivity index (χ1v) is 11.4. The summed E-state index contributed by atoms with van der Waals surface area (Å²) in [4.78, 5) is 28.2. The van der Waals surface area contributed by atoms with Crippen LogP contribution in [0.25, 0.3) is 5.57 Å². The third-order valence-corrected chi connectivity index (χ3v) is 5.93. The zero-order chi connectivity index (χ0) is 25.1. The van der Waals surface area contributed by atoms with Gasteiger partial charge in [0.1, 0.15) is 24.3 Å². The minimum absolute atomic E-state index is 0.00658. The molecule has 0 bridgehead atoms. The van der Waals surface area contributed by atoms with Crippen molar-refractivity contribution in [3.05, 3.63) is 65.5 Å². The Kier molecular flexibility index (Phi) is 6.57. The van der Waals surface area contributed by atoms with Gasteiger partial charge >= 0.3 is 6.36 Å². The number of fused-ring (bicyclic) bond motifs is 1.